The molecule has 0 spiro atoms. The number of benzene rings is 1. The van der Waals surface area contributed by atoms with Crippen LogP contribution >= 0.6 is 0 Å². The Labute approximate surface area is 117 Å². The van der Waals surface area contributed by atoms with Crippen LogP contribution < -0.4 is 13.9 Å². The molecule has 1 aromatic carbocycles. The average Bonchev–Trinajstić information content (AvgIpc) is 3.09. The van der Waals surface area contributed by atoms with E-state index in [-0.39, 0.29) is 0 Å². The van der Waals surface area contributed by atoms with Crippen molar-refractivity contribution in [1.82, 2.24) is 9.13 Å². The lowest BCUT2D eigenvalue weighted by molar-refractivity contribution is -0.706. The second-order valence-corrected chi connectivity index (χ2v) is 4.77. The monoisotopic (exact) mass is 270 g/mol. The molecule has 0 N–H and O–H groups in total. The van der Waals surface area contributed by atoms with E-state index in [1.54, 1.807) is 7.11 Å². The number of nitrogens with zero attached hydrogens (tertiary/aromatic N) is 4. The van der Waals surface area contributed by atoms with Crippen molar-refractivity contribution in [1.29, 1.82) is 0 Å². The summed E-state index contributed by atoms with van der Waals surface area (Å²) in [4.78, 5) is 0. The van der Waals surface area contributed by atoms with Gasteiger partial charge < -0.3 is 4.74 Å². The first-order chi connectivity index (χ1) is 9.74. The highest BCUT2D eigenvalue weighted by Crippen LogP contribution is 2.13. The van der Waals surface area contributed by atoms with E-state index in [4.69, 9.17) is 4.74 Å². The third-order valence-electron chi connectivity index (χ3n) is 3.21. The summed E-state index contributed by atoms with van der Waals surface area (Å²) >= 11 is 0. The molecule has 5 nitrogen and oxygen atoms in total. The van der Waals surface area contributed by atoms with Crippen molar-refractivity contribution in [3.05, 3.63) is 61.7 Å². The maximum Gasteiger partial charge on any atom is 0.252 e. The first-order valence-electron chi connectivity index (χ1n) is 6.47. The summed E-state index contributed by atoms with van der Waals surface area (Å²) in [5.74, 6) is 0.869. The van der Waals surface area contributed by atoms with Crippen molar-refractivity contribution in [3.8, 4) is 11.4 Å². The molecule has 2 aromatic heterocycles. The minimum atomic E-state index is 0.796. The average molecular weight is 270 g/mol. The molecule has 0 bridgehead atoms. The Bertz CT molecular complexity index is 697. The summed E-state index contributed by atoms with van der Waals surface area (Å²) in [5.41, 5.74) is 1.11. The molecular formula is C15H18N4O+2. The molecular weight excluding hydrogens is 252 g/mol. The van der Waals surface area contributed by atoms with Gasteiger partial charge in [0.05, 0.1) is 14.2 Å². The van der Waals surface area contributed by atoms with Crippen LogP contribution in [0.15, 0.2) is 61.7 Å². The molecule has 0 amide bonds. The van der Waals surface area contributed by atoms with Crippen LogP contribution in [0.2, 0.25) is 0 Å². The summed E-state index contributed by atoms with van der Waals surface area (Å²) in [6.45, 7) is 0.796. The van der Waals surface area contributed by atoms with E-state index in [1.807, 2.05) is 48.3 Å². The molecule has 0 aliphatic rings. The lowest BCUT2D eigenvalue weighted by Crippen LogP contribution is -2.35. The summed E-state index contributed by atoms with van der Waals surface area (Å²) in [5, 5.41) is 0. The number of ether oxygens (including phenoxy) is 1. The van der Waals surface area contributed by atoms with E-state index >= 15 is 0 Å². The Morgan fingerprint density at radius 3 is 2.50 bits per heavy atom. The van der Waals surface area contributed by atoms with E-state index in [1.165, 1.54) is 0 Å². The van der Waals surface area contributed by atoms with Crippen LogP contribution in [0, 0.1) is 0 Å². The van der Waals surface area contributed by atoms with Crippen molar-refractivity contribution in [2.45, 2.75) is 6.67 Å². The van der Waals surface area contributed by atoms with Crippen LogP contribution in [0.5, 0.6) is 5.75 Å². The van der Waals surface area contributed by atoms with E-state index in [2.05, 4.69) is 38.7 Å². The number of aryl methyl sites for hydroxylation is 1. The zero-order chi connectivity index (χ0) is 13.9. The van der Waals surface area contributed by atoms with Gasteiger partial charge in [0.15, 0.2) is 0 Å². The maximum absolute atomic E-state index is 5.17. The molecule has 0 unspecified atom stereocenters. The highest BCUT2D eigenvalue weighted by molar-refractivity contribution is 5.36. The molecule has 0 saturated carbocycles. The van der Waals surface area contributed by atoms with Crippen LogP contribution in [-0.4, -0.2) is 16.2 Å². The summed E-state index contributed by atoms with van der Waals surface area (Å²) in [6, 6.07) is 8.01. The molecule has 3 rings (SSSR count). The molecule has 0 atom stereocenters. The van der Waals surface area contributed by atoms with Crippen molar-refractivity contribution >= 4 is 0 Å². The van der Waals surface area contributed by atoms with Gasteiger partial charge in [0.25, 0.3) is 6.33 Å². The Hall–Kier alpha value is -2.56. The predicted molar refractivity (Wildman–Crippen MR) is 73.5 cm³/mol. The smallest absolute Gasteiger partial charge is 0.252 e. The normalized spacial score (nSPS) is 10.7. The lowest BCUT2D eigenvalue weighted by Gasteiger charge is -1.99. The van der Waals surface area contributed by atoms with Gasteiger partial charge in [-0.2, -0.15) is 9.13 Å². The highest BCUT2D eigenvalue weighted by atomic mass is 16.5. The van der Waals surface area contributed by atoms with Gasteiger partial charge in [0.2, 0.25) is 13.0 Å². The lowest BCUT2D eigenvalue weighted by atomic mass is 10.3. The molecule has 0 aliphatic heterocycles. The molecule has 0 saturated heterocycles. The number of imidazole rings is 2. The molecule has 0 radical (unpaired) electrons. The van der Waals surface area contributed by atoms with Gasteiger partial charge in [-0.1, -0.05) is 0 Å². The fourth-order valence-electron chi connectivity index (χ4n) is 2.16. The Morgan fingerprint density at radius 2 is 1.85 bits per heavy atom. The van der Waals surface area contributed by atoms with E-state index < -0.39 is 0 Å². The van der Waals surface area contributed by atoms with Crippen LogP contribution in [0.4, 0.5) is 0 Å². The first-order valence-corrected chi connectivity index (χ1v) is 6.47. The Balaban J connectivity index is 1.78. The van der Waals surface area contributed by atoms with Crippen molar-refractivity contribution in [2.75, 3.05) is 7.11 Å². The number of hydrogen-bond donors (Lipinski definition) is 0. The SMILES string of the molecule is COc1ccc(-n2cc[n+](Cn3cc[n+](C)c3)c2)cc1. The van der Waals surface area contributed by atoms with E-state index in [0.29, 0.717) is 0 Å². The Kier molecular flexibility index (Phi) is 3.25. The minimum absolute atomic E-state index is 0.796. The predicted octanol–water partition coefficient (Wildman–Crippen LogP) is 0.905. The molecule has 5 heteroatoms. The number of rotatable bonds is 4. The van der Waals surface area contributed by atoms with Gasteiger partial charge in [-0.05, 0) is 24.3 Å². The topological polar surface area (TPSA) is 26.8 Å². The van der Waals surface area contributed by atoms with E-state index in [0.717, 1.165) is 18.1 Å². The van der Waals surface area contributed by atoms with Gasteiger partial charge in [-0.25, -0.2) is 9.13 Å². The van der Waals surface area contributed by atoms with Crippen molar-refractivity contribution in [3.63, 3.8) is 0 Å². The number of methoxy groups -OCH3 is 1. The minimum Gasteiger partial charge on any atom is -0.497 e. The van der Waals surface area contributed by atoms with Crippen LogP contribution in [0.25, 0.3) is 5.69 Å². The Morgan fingerprint density at radius 1 is 1.05 bits per heavy atom. The number of hydrogen-bond acceptors (Lipinski definition) is 1. The summed E-state index contributed by atoms with van der Waals surface area (Å²) < 4.78 is 13.5. The van der Waals surface area contributed by atoms with Crippen molar-refractivity contribution < 1.29 is 13.9 Å². The zero-order valence-electron chi connectivity index (χ0n) is 11.7. The quantitative estimate of drug-likeness (QED) is 0.647. The van der Waals surface area contributed by atoms with Crippen LogP contribution in [0.1, 0.15) is 0 Å². The first kappa shape index (κ1) is 12.5. The fraction of sp³-hybridized carbons (Fsp3) is 0.200. The second-order valence-electron chi connectivity index (χ2n) is 4.77. The molecule has 0 fully saturated rings. The van der Waals surface area contributed by atoms with Gasteiger partial charge in [0, 0.05) is 0 Å². The number of aromatic nitrogens is 4. The highest BCUT2D eigenvalue weighted by Gasteiger charge is 2.09. The van der Waals surface area contributed by atoms with Gasteiger partial charge in [-0.15, -0.1) is 0 Å². The largest absolute Gasteiger partial charge is 0.497 e. The van der Waals surface area contributed by atoms with Gasteiger partial charge in [0.1, 0.15) is 36.2 Å². The van der Waals surface area contributed by atoms with Crippen LogP contribution in [-0.2, 0) is 13.7 Å². The summed E-state index contributed by atoms with van der Waals surface area (Å²) in [6.07, 6.45) is 12.3. The van der Waals surface area contributed by atoms with Crippen LogP contribution in [0.3, 0.4) is 0 Å². The molecule has 102 valence electrons. The van der Waals surface area contributed by atoms with E-state index in [9.17, 15) is 0 Å². The van der Waals surface area contributed by atoms with Gasteiger partial charge >= 0.3 is 0 Å². The maximum atomic E-state index is 5.17. The molecule has 2 heterocycles. The third-order valence-corrected chi connectivity index (χ3v) is 3.21. The standard InChI is InChI=1S/C15H18N4O/c1-16-7-8-17(11-16)12-18-9-10-19(13-18)14-3-5-15(20-2)6-4-14/h3-11,13H,12H2,1-2H3/q+2. The molecule has 3 aromatic rings. The molecule has 0 aliphatic carbocycles. The van der Waals surface area contributed by atoms with Gasteiger partial charge in [-0.3, -0.25) is 0 Å². The fourth-order valence-corrected chi connectivity index (χ4v) is 2.16. The molecule has 20 heavy (non-hydrogen) atoms. The third kappa shape index (κ3) is 2.56. The summed E-state index contributed by atoms with van der Waals surface area (Å²) in [7, 11) is 3.69. The zero-order valence-corrected chi connectivity index (χ0v) is 11.7. The van der Waals surface area contributed by atoms with Crippen molar-refractivity contribution in [2.24, 2.45) is 7.05 Å². The second kappa shape index (κ2) is 5.21.